The molecule has 2 saturated carbocycles. The average molecular weight is 334 g/mol. The second-order valence-corrected chi connectivity index (χ2v) is 7.62. The monoisotopic (exact) mass is 334 g/mol. The topological polar surface area (TPSA) is 72.2 Å². The third kappa shape index (κ3) is 3.22. The van der Waals surface area contributed by atoms with Gasteiger partial charge < -0.3 is 5.32 Å². The number of thioether (sulfide) groups is 1. The van der Waals surface area contributed by atoms with Crippen LogP contribution in [0.5, 0.6) is 0 Å². The van der Waals surface area contributed by atoms with Crippen molar-refractivity contribution < 1.29 is 9.72 Å². The van der Waals surface area contributed by atoms with Gasteiger partial charge in [-0.2, -0.15) is 0 Å². The van der Waals surface area contributed by atoms with E-state index in [0.717, 1.165) is 10.8 Å². The van der Waals surface area contributed by atoms with Gasteiger partial charge in [-0.15, -0.1) is 11.8 Å². The molecular formula is C17H22N2O3S. The fourth-order valence-electron chi connectivity index (χ4n) is 4.28. The molecule has 2 bridgehead atoms. The van der Waals surface area contributed by atoms with Gasteiger partial charge >= 0.3 is 0 Å². The van der Waals surface area contributed by atoms with Crippen molar-refractivity contribution in [2.45, 2.75) is 43.5 Å². The molecule has 1 aromatic carbocycles. The van der Waals surface area contributed by atoms with Gasteiger partial charge in [-0.3, -0.25) is 14.9 Å². The molecule has 6 heteroatoms. The van der Waals surface area contributed by atoms with Gasteiger partial charge in [0.2, 0.25) is 0 Å². The lowest BCUT2D eigenvalue weighted by Crippen LogP contribution is -2.40. The van der Waals surface area contributed by atoms with Gasteiger partial charge in [-0.05, 0) is 62.3 Å². The van der Waals surface area contributed by atoms with Crippen LogP contribution in [0, 0.1) is 27.9 Å². The third-order valence-electron chi connectivity index (χ3n) is 5.44. The molecule has 1 amide bonds. The molecule has 0 saturated heterocycles. The molecule has 0 spiro atoms. The second kappa shape index (κ2) is 6.51. The first-order valence-electron chi connectivity index (χ1n) is 8.13. The Balaban J connectivity index is 1.76. The Morgan fingerprint density at radius 1 is 1.39 bits per heavy atom. The predicted molar refractivity (Wildman–Crippen MR) is 90.7 cm³/mol. The number of hydrogen-bond donors (Lipinski definition) is 1. The molecule has 0 heterocycles. The van der Waals surface area contributed by atoms with Gasteiger partial charge in [-0.1, -0.05) is 6.42 Å². The van der Waals surface area contributed by atoms with Gasteiger partial charge in [0, 0.05) is 17.0 Å². The number of amides is 1. The summed E-state index contributed by atoms with van der Waals surface area (Å²) in [6.07, 6.45) is 6.94. The fraction of sp³-hybridized carbons (Fsp3) is 0.588. The minimum Gasteiger partial charge on any atom is -0.349 e. The maximum absolute atomic E-state index is 12.6. The zero-order valence-electron chi connectivity index (χ0n) is 13.5. The zero-order chi connectivity index (χ0) is 16.6. The molecule has 2 aliphatic carbocycles. The highest BCUT2D eigenvalue weighted by Crippen LogP contribution is 2.49. The molecule has 3 rings (SSSR count). The van der Waals surface area contributed by atoms with Crippen LogP contribution in [0.4, 0.5) is 5.69 Å². The Hall–Kier alpha value is -1.56. The number of fused-ring (bicyclic) bond motifs is 2. The van der Waals surface area contributed by atoms with E-state index in [1.807, 2.05) is 13.2 Å². The van der Waals surface area contributed by atoms with E-state index >= 15 is 0 Å². The van der Waals surface area contributed by atoms with Crippen LogP contribution in [-0.2, 0) is 0 Å². The van der Waals surface area contributed by atoms with Crippen LogP contribution in [0.25, 0.3) is 0 Å². The lowest BCUT2D eigenvalue weighted by Gasteiger charge is -2.28. The summed E-state index contributed by atoms with van der Waals surface area (Å²) >= 11 is 1.47. The van der Waals surface area contributed by atoms with Crippen LogP contribution < -0.4 is 5.32 Å². The fourth-order valence-corrected chi connectivity index (χ4v) is 4.72. The van der Waals surface area contributed by atoms with Crippen LogP contribution in [0.1, 0.15) is 43.0 Å². The number of carbonyl (C=O) groups excluding carboxylic acids is 1. The number of rotatable bonds is 5. The highest BCUT2D eigenvalue weighted by molar-refractivity contribution is 7.98. The van der Waals surface area contributed by atoms with E-state index in [-0.39, 0.29) is 23.2 Å². The van der Waals surface area contributed by atoms with Crippen molar-refractivity contribution in [3.63, 3.8) is 0 Å². The summed E-state index contributed by atoms with van der Waals surface area (Å²) in [5.41, 5.74) is 0.0392. The number of nitrogens with zero attached hydrogens (tertiary/aromatic N) is 1. The van der Waals surface area contributed by atoms with Crippen molar-refractivity contribution in [3.05, 3.63) is 33.9 Å². The molecule has 23 heavy (non-hydrogen) atoms. The number of carbonyl (C=O) groups is 1. The third-order valence-corrected chi connectivity index (χ3v) is 6.16. The second-order valence-electron chi connectivity index (χ2n) is 6.74. The van der Waals surface area contributed by atoms with Gasteiger partial charge in [-0.25, -0.2) is 0 Å². The first-order valence-corrected chi connectivity index (χ1v) is 9.35. The molecule has 124 valence electrons. The molecule has 2 fully saturated rings. The van der Waals surface area contributed by atoms with E-state index < -0.39 is 4.92 Å². The molecule has 1 aromatic rings. The number of nitro groups is 1. The van der Waals surface area contributed by atoms with Gasteiger partial charge in [0.25, 0.3) is 11.6 Å². The summed E-state index contributed by atoms with van der Waals surface area (Å²) in [5.74, 6) is 1.71. The van der Waals surface area contributed by atoms with Crippen molar-refractivity contribution in [2.24, 2.45) is 17.8 Å². The molecule has 5 nitrogen and oxygen atoms in total. The average Bonchev–Trinajstić information content (AvgIpc) is 3.17. The van der Waals surface area contributed by atoms with E-state index in [2.05, 4.69) is 5.32 Å². The highest BCUT2D eigenvalue weighted by Gasteiger charge is 2.42. The van der Waals surface area contributed by atoms with E-state index in [0.29, 0.717) is 11.8 Å². The molecule has 0 radical (unpaired) electrons. The standard InChI is InChI=1S/C17H22N2O3S/c1-10(14-8-11-3-4-12(14)7-11)18-17(20)15-9-13(23-2)5-6-16(15)19(21)22/h5-6,9-12,14H,3-4,7-8H2,1-2H3,(H,18,20). The molecule has 4 unspecified atom stereocenters. The SMILES string of the molecule is CSc1ccc([N+](=O)[O-])c(C(=O)NC(C)C2CC3CCC2C3)c1. The zero-order valence-corrected chi connectivity index (χ0v) is 14.3. The maximum Gasteiger partial charge on any atom is 0.282 e. The maximum atomic E-state index is 12.6. The van der Waals surface area contributed by atoms with Crippen LogP contribution in [0.15, 0.2) is 23.1 Å². The van der Waals surface area contributed by atoms with Crippen LogP contribution >= 0.6 is 11.8 Å². The minimum absolute atomic E-state index is 0.0651. The Labute approximate surface area is 140 Å². The molecule has 1 N–H and O–H groups in total. The number of benzene rings is 1. The van der Waals surface area contributed by atoms with Gasteiger partial charge in [0.15, 0.2) is 0 Å². The molecule has 0 aromatic heterocycles. The quantitative estimate of drug-likeness (QED) is 0.504. The van der Waals surface area contributed by atoms with Crippen molar-refractivity contribution in [3.8, 4) is 0 Å². The van der Waals surface area contributed by atoms with Crippen molar-refractivity contribution in [1.29, 1.82) is 0 Å². The van der Waals surface area contributed by atoms with Crippen LogP contribution in [-0.4, -0.2) is 23.1 Å². The Bertz CT molecular complexity index is 634. The number of nitro benzene ring substituents is 1. The largest absolute Gasteiger partial charge is 0.349 e. The Morgan fingerprint density at radius 3 is 2.74 bits per heavy atom. The smallest absolute Gasteiger partial charge is 0.282 e. The van der Waals surface area contributed by atoms with Gasteiger partial charge in [0.05, 0.1) is 4.92 Å². The summed E-state index contributed by atoms with van der Waals surface area (Å²) in [7, 11) is 0. The lowest BCUT2D eigenvalue weighted by molar-refractivity contribution is -0.385. The van der Waals surface area contributed by atoms with Gasteiger partial charge in [0.1, 0.15) is 5.56 Å². The molecular weight excluding hydrogens is 312 g/mol. The van der Waals surface area contributed by atoms with E-state index in [1.54, 1.807) is 12.1 Å². The van der Waals surface area contributed by atoms with Crippen LogP contribution in [0.2, 0.25) is 0 Å². The van der Waals surface area contributed by atoms with Crippen LogP contribution in [0.3, 0.4) is 0 Å². The van der Waals surface area contributed by atoms with E-state index in [9.17, 15) is 14.9 Å². The molecule has 0 aliphatic heterocycles. The highest BCUT2D eigenvalue weighted by atomic mass is 32.2. The van der Waals surface area contributed by atoms with Crippen molar-refractivity contribution >= 4 is 23.4 Å². The lowest BCUT2D eigenvalue weighted by atomic mass is 9.84. The minimum atomic E-state index is -0.485. The van der Waals surface area contributed by atoms with E-state index in [1.165, 1.54) is 43.5 Å². The summed E-state index contributed by atoms with van der Waals surface area (Å²) in [5, 5.41) is 14.2. The number of nitrogens with one attached hydrogen (secondary N) is 1. The predicted octanol–water partition coefficient (Wildman–Crippen LogP) is 3.87. The number of hydrogen-bond acceptors (Lipinski definition) is 4. The van der Waals surface area contributed by atoms with Crippen molar-refractivity contribution in [1.82, 2.24) is 5.32 Å². The summed E-state index contributed by atoms with van der Waals surface area (Å²) in [6, 6.07) is 4.78. The Kier molecular flexibility index (Phi) is 4.62. The van der Waals surface area contributed by atoms with Crippen molar-refractivity contribution in [2.75, 3.05) is 6.26 Å². The first kappa shape index (κ1) is 16.3. The molecule has 4 atom stereocenters. The summed E-state index contributed by atoms with van der Waals surface area (Å²) in [4.78, 5) is 24.1. The normalized spacial score (nSPS) is 27.0. The Morgan fingerprint density at radius 2 is 2.17 bits per heavy atom. The van der Waals surface area contributed by atoms with E-state index in [4.69, 9.17) is 0 Å². The first-order chi connectivity index (χ1) is 11.0. The molecule has 2 aliphatic rings. The summed E-state index contributed by atoms with van der Waals surface area (Å²) in [6.45, 7) is 2.04. The summed E-state index contributed by atoms with van der Waals surface area (Å²) < 4.78 is 0.